The summed E-state index contributed by atoms with van der Waals surface area (Å²) in [5.74, 6) is 2.17. The first kappa shape index (κ1) is 24.6. The SMILES string of the molecule is COCCN(Cc1cccnc1)[C@H](Cc1ccccc1)C1CCN(Cc2ccc(CO)o2)CC1. The van der Waals surface area contributed by atoms with Gasteiger partial charge in [-0.3, -0.25) is 14.8 Å². The maximum Gasteiger partial charge on any atom is 0.129 e. The van der Waals surface area contributed by atoms with E-state index in [1.165, 1.54) is 11.1 Å². The van der Waals surface area contributed by atoms with Gasteiger partial charge in [-0.25, -0.2) is 0 Å². The first-order valence-corrected chi connectivity index (χ1v) is 12.3. The third kappa shape index (κ3) is 7.00. The Morgan fingerprint density at radius 3 is 2.50 bits per heavy atom. The number of aliphatic hydroxyl groups is 1. The summed E-state index contributed by atoms with van der Waals surface area (Å²) in [5.41, 5.74) is 2.63. The zero-order valence-corrected chi connectivity index (χ0v) is 20.2. The summed E-state index contributed by atoms with van der Waals surface area (Å²) >= 11 is 0. The Morgan fingerprint density at radius 1 is 1.06 bits per heavy atom. The fraction of sp³-hybridized carbons (Fsp3) is 0.464. The molecule has 3 aromatic rings. The number of pyridine rings is 1. The summed E-state index contributed by atoms with van der Waals surface area (Å²) in [6.07, 6.45) is 7.16. The van der Waals surface area contributed by atoms with Gasteiger partial charge >= 0.3 is 0 Å². The maximum atomic E-state index is 9.27. The van der Waals surface area contributed by atoms with E-state index >= 15 is 0 Å². The number of furan rings is 1. The molecule has 6 heteroatoms. The molecule has 1 aromatic carbocycles. The third-order valence-electron chi connectivity index (χ3n) is 6.88. The highest BCUT2D eigenvalue weighted by atomic mass is 16.5. The highest BCUT2D eigenvalue weighted by Gasteiger charge is 2.31. The summed E-state index contributed by atoms with van der Waals surface area (Å²) < 4.78 is 11.2. The van der Waals surface area contributed by atoms with Crippen molar-refractivity contribution < 1.29 is 14.3 Å². The van der Waals surface area contributed by atoms with Crippen LogP contribution in [0.5, 0.6) is 0 Å². The van der Waals surface area contributed by atoms with Crippen LogP contribution >= 0.6 is 0 Å². The molecule has 4 rings (SSSR count). The Bertz CT molecular complexity index is 955. The summed E-state index contributed by atoms with van der Waals surface area (Å²) in [6.45, 7) is 5.36. The topological polar surface area (TPSA) is 62.0 Å². The second-order valence-electron chi connectivity index (χ2n) is 9.22. The molecule has 2 aromatic heterocycles. The molecule has 1 aliphatic heterocycles. The number of aliphatic hydroxyl groups excluding tert-OH is 1. The minimum atomic E-state index is -0.0442. The molecule has 182 valence electrons. The van der Waals surface area contributed by atoms with Crippen LogP contribution in [-0.4, -0.2) is 59.3 Å². The monoisotopic (exact) mass is 463 g/mol. The van der Waals surface area contributed by atoms with Crippen LogP contribution in [0.4, 0.5) is 0 Å². The number of methoxy groups -OCH3 is 1. The van der Waals surface area contributed by atoms with E-state index in [1.54, 1.807) is 7.11 Å². The molecule has 0 amide bonds. The minimum absolute atomic E-state index is 0.0442. The molecule has 0 radical (unpaired) electrons. The van der Waals surface area contributed by atoms with Gasteiger partial charge in [0, 0.05) is 38.6 Å². The van der Waals surface area contributed by atoms with Crippen LogP contribution in [-0.2, 0) is 30.9 Å². The standard InChI is InChI=1S/C28H37N3O3/c1-33-17-16-31(20-24-8-5-13-29-19-24)28(18-23-6-3-2-4-7-23)25-11-14-30(15-12-25)21-26-9-10-27(22-32)34-26/h2-10,13,19,25,28,32H,11-12,14-18,20-22H2,1H3/t28-/m1/s1. The van der Waals surface area contributed by atoms with Gasteiger partial charge in [-0.15, -0.1) is 0 Å². The fourth-order valence-electron chi connectivity index (χ4n) is 5.05. The molecule has 3 heterocycles. The van der Waals surface area contributed by atoms with Crippen LogP contribution in [0.25, 0.3) is 0 Å². The molecule has 0 bridgehead atoms. The molecule has 0 saturated carbocycles. The van der Waals surface area contributed by atoms with Crippen LogP contribution < -0.4 is 0 Å². The van der Waals surface area contributed by atoms with Crippen molar-refractivity contribution in [2.75, 3.05) is 33.4 Å². The second kappa shape index (κ2) is 12.8. The summed E-state index contributed by atoms with van der Waals surface area (Å²) in [5, 5.41) is 9.27. The normalized spacial score (nSPS) is 16.2. The predicted octanol–water partition coefficient (Wildman–Crippen LogP) is 4.14. The first-order valence-electron chi connectivity index (χ1n) is 12.3. The Kier molecular flexibility index (Phi) is 9.27. The number of ether oxygens (including phenoxy) is 1. The lowest BCUT2D eigenvalue weighted by molar-refractivity contribution is 0.0555. The van der Waals surface area contributed by atoms with Crippen molar-refractivity contribution >= 4 is 0 Å². The van der Waals surface area contributed by atoms with E-state index in [1.807, 2.05) is 30.6 Å². The lowest BCUT2D eigenvalue weighted by Gasteiger charge is -2.41. The van der Waals surface area contributed by atoms with Crippen LogP contribution in [0.1, 0.15) is 35.5 Å². The number of piperidine rings is 1. The summed E-state index contributed by atoms with van der Waals surface area (Å²) in [4.78, 5) is 9.42. The predicted molar refractivity (Wildman–Crippen MR) is 133 cm³/mol. The number of aromatic nitrogens is 1. The third-order valence-corrected chi connectivity index (χ3v) is 6.88. The Labute approximate surface area is 203 Å². The van der Waals surface area contributed by atoms with E-state index in [2.05, 4.69) is 51.2 Å². The van der Waals surface area contributed by atoms with Crippen molar-refractivity contribution in [3.63, 3.8) is 0 Å². The van der Waals surface area contributed by atoms with Gasteiger partial charge < -0.3 is 14.3 Å². The van der Waals surface area contributed by atoms with Gasteiger partial charge in [0.2, 0.25) is 0 Å². The van der Waals surface area contributed by atoms with Gasteiger partial charge in [-0.1, -0.05) is 36.4 Å². The maximum absolute atomic E-state index is 9.27. The van der Waals surface area contributed by atoms with Crippen molar-refractivity contribution in [2.45, 2.75) is 45.0 Å². The van der Waals surface area contributed by atoms with Crippen LogP contribution in [0, 0.1) is 5.92 Å². The van der Waals surface area contributed by atoms with Crippen LogP contribution in [0.2, 0.25) is 0 Å². The van der Waals surface area contributed by atoms with Gasteiger partial charge in [-0.05, 0) is 67.6 Å². The van der Waals surface area contributed by atoms with E-state index in [4.69, 9.17) is 9.15 Å². The fourth-order valence-corrected chi connectivity index (χ4v) is 5.05. The molecule has 34 heavy (non-hydrogen) atoms. The molecule has 0 spiro atoms. The minimum Gasteiger partial charge on any atom is -0.462 e. The molecular weight excluding hydrogens is 426 g/mol. The second-order valence-corrected chi connectivity index (χ2v) is 9.22. The largest absolute Gasteiger partial charge is 0.462 e. The zero-order chi connectivity index (χ0) is 23.6. The van der Waals surface area contributed by atoms with Crippen LogP contribution in [0.3, 0.4) is 0 Å². The van der Waals surface area contributed by atoms with Crippen LogP contribution in [0.15, 0.2) is 71.4 Å². The average molecular weight is 464 g/mol. The molecule has 1 atom stereocenters. The van der Waals surface area contributed by atoms with Crippen molar-refractivity contribution in [3.8, 4) is 0 Å². The number of hydrogen-bond donors (Lipinski definition) is 1. The van der Waals surface area contributed by atoms with E-state index in [9.17, 15) is 5.11 Å². The number of likely N-dealkylation sites (tertiary alicyclic amines) is 1. The summed E-state index contributed by atoms with van der Waals surface area (Å²) in [7, 11) is 1.78. The van der Waals surface area contributed by atoms with E-state index in [0.29, 0.717) is 17.7 Å². The van der Waals surface area contributed by atoms with Crippen molar-refractivity contribution in [3.05, 3.63) is 89.6 Å². The molecule has 0 aliphatic carbocycles. The van der Waals surface area contributed by atoms with E-state index in [0.717, 1.165) is 64.4 Å². The molecule has 1 fully saturated rings. The van der Waals surface area contributed by atoms with Gasteiger partial charge in [-0.2, -0.15) is 0 Å². The van der Waals surface area contributed by atoms with Crippen molar-refractivity contribution in [2.24, 2.45) is 5.92 Å². The van der Waals surface area contributed by atoms with Gasteiger partial charge in [0.05, 0.1) is 13.2 Å². The lowest BCUT2D eigenvalue weighted by Crippen LogP contribution is -2.47. The van der Waals surface area contributed by atoms with E-state index in [-0.39, 0.29) is 6.61 Å². The molecule has 1 N–H and O–H groups in total. The molecule has 1 saturated heterocycles. The Hall–Kier alpha value is -2.51. The number of benzene rings is 1. The Balaban J connectivity index is 1.46. The number of rotatable bonds is 12. The first-order chi connectivity index (χ1) is 16.7. The highest BCUT2D eigenvalue weighted by molar-refractivity contribution is 5.17. The highest BCUT2D eigenvalue weighted by Crippen LogP contribution is 2.29. The molecular formula is C28H37N3O3. The lowest BCUT2D eigenvalue weighted by atomic mass is 9.84. The quantitative estimate of drug-likeness (QED) is 0.436. The number of hydrogen-bond acceptors (Lipinski definition) is 6. The van der Waals surface area contributed by atoms with Crippen molar-refractivity contribution in [1.82, 2.24) is 14.8 Å². The average Bonchev–Trinajstić information content (AvgIpc) is 3.34. The summed E-state index contributed by atoms with van der Waals surface area (Å²) in [6, 6.07) is 19.3. The molecule has 6 nitrogen and oxygen atoms in total. The number of nitrogens with zero attached hydrogens (tertiary/aromatic N) is 3. The molecule has 0 unspecified atom stereocenters. The zero-order valence-electron chi connectivity index (χ0n) is 20.2. The molecule has 1 aliphatic rings. The van der Waals surface area contributed by atoms with Gasteiger partial charge in [0.1, 0.15) is 18.1 Å². The van der Waals surface area contributed by atoms with Gasteiger partial charge in [0.25, 0.3) is 0 Å². The smallest absolute Gasteiger partial charge is 0.129 e. The Morgan fingerprint density at radius 2 is 1.82 bits per heavy atom. The van der Waals surface area contributed by atoms with Gasteiger partial charge in [0.15, 0.2) is 0 Å². The van der Waals surface area contributed by atoms with Crippen molar-refractivity contribution in [1.29, 1.82) is 0 Å². The van der Waals surface area contributed by atoms with E-state index < -0.39 is 0 Å².